The van der Waals surface area contributed by atoms with Gasteiger partial charge in [-0.25, -0.2) is 0 Å². The van der Waals surface area contributed by atoms with Crippen molar-refractivity contribution in [3.8, 4) is 0 Å². The van der Waals surface area contributed by atoms with Crippen LogP contribution in [0.5, 0.6) is 0 Å². The van der Waals surface area contributed by atoms with Crippen molar-refractivity contribution < 1.29 is 4.79 Å². The van der Waals surface area contributed by atoms with Gasteiger partial charge in [-0.2, -0.15) is 0 Å². The molecule has 1 heterocycles. The average Bonchev–Trinajstić information content (AvgIpc) is 2.45. The van der Waals surface area contributed by atoms with Crippen LogP contribution in [-0.2, 0) is 0 Å². The Kier molecular flexibility index (Phi) is 2.71. The summed E-state index contributed by atoms with van der Waals surface area (Å²) in [6.45, 7) is 2.08. The molecule has 0 N–H and O–H groups in total. The fraction of sp³-hybridized carbons (Fsp3) is 0.118. The Bertz CT molecular complexity index is 685. The molecule has 1 aliphatic rings. The van der Waals surface area contributed by atoms with Crippen molar-refractivity contribution >= 4 is 23.2 Å². The Hall–Kier alpha value is -2.35. The number of carbonyl (C=O) groups excluding carboxylic acids is 1. The standard InChI is InChI=1S/C17H15NO/c1-12-11-13-7-3-4-9-15(13)17(19)18(2)16-10-6-5-8-14(12)16/h3-11H,1-2H3/b12-11-. The Morgan fingerprint density at radius 2 is 1.53 bits per heavy atom. The van der Waals surface area contributed by atoms with Crippen LogP contribution < -0.4 is 4.90 Å². The van der Waals surface area contributed by atoms with Gasteiger partial charge in [0.2, 0.25) is 0 Å². The van der Waals surface area contributed by atoms with Crippen LogP contribution in [0.15, 0.2) is 48.5 Å². The van der Waals surface area contributed by atoms with Crippen LogP contribution in [0.4, 0.5) is 5.69 Å². The van der Waals surface area contributed by atoms with Crippen molar-refractivity contribution in [3.63, 3.8) is 0 Å². The van der Waals surface area contributed by atoms with Crippen LogP contribution in [0.2, 0.25) is 0 Å². The van der Waals surface area contributed by atoms with E-state index in [-0.39, 0.29) is 5.91 Å². The predicted octanol–water partition coefficient (Wildman–Crippen LogP) is 3.84. The molecular weight excluding hydrogens is 234 g/mol. The summed E-state index contributed by atoms with van der Waals surface area (Å²) >= 11 is 0. The van der Waals surface area contributed by atoms with E-state index < -0.39 is 0 Å². The number of anilines is 1. The van der Waals surface area contributed by atoms with Crippen molar-refractivity contribution in [3.05, 3.63) is 65.2 Å². The number of para-hydroxylation sites is 1. The molecule has 0 bridgehead atoms. The van der Waals surface area contributed by atoms with Gasteiger partial charge in [0.25, 0.3) is 5.91 Å². The number of hydrogen-bond acceptors (Lipinski definition) is 1. The maximum absolute atomic E-state index is 12.6. The smallest absolute Gasteiger partial charge is 0.258 e. The number of hydrogen-bond donors (Lipinski definition) is 0. The minimum atomic E-state index is 0.0341. The third kappa shape index (κ3) is 1.85. The molecule has 94 valence electrons. The number of carbonyl (C=O) groups is 1. The van der Waals surface area contributed by atoms with Gasteiger partial charge in [-0.15, -0.1) is 0 Å². The summed E-state index contributed by atoms with van der Waals surface area (Å²) in [6, 6.07) is 15.7. The molecule has 3 rings (SSSR count). The molecule has 1 aliphatic heterocycles. The van der Waals surface area contributed by atoms with Gasteiger partial charge in [0.1, 0.15) is 0 Å². The van der Waals surface area contributed by atoms with Crippen molar-refractivity contribution in [2.75, 3.05) is 11.9 Å². The fourth-order valence-corrected chi connectivity index (χ4v) is 2.52. The van der Waals surface area contributed by atoms with Crippen molar-refractivity contribution in [1.29, 1.82) is 0 Å². The number of fused-ring (bicyclic) bond motifs is 2. The Morgan fingerprint density at radius 1 is 0.895 bits per heavy atom. The maximum Gasteiger partial charge on any atom is 0.258 e. The molecule has 0 radical (unpaired) electrons. The monoisotopic (exact) mass is 249 g/mol. The van der Waals surface area contributed by atoms with Gasteiger partial charge in [-0.05, 0) is 30.2 Å². The summed E-state index contributed by atoms with van der Waals surface area (Å²) in [5.74, 6) is 0.0341. The number of allylic oxidation sites excluding steroid dienone is 1. The molecule has 0 aliphatic carbocycles. The van der Waals surface area contributed by atoms with E-state index in [1.807, 2.05) is 49.5 Å². The maximum atomic E-state index is 12.6. The SMILES string of the molecule is C/C1=C/c2ccccc2C(=O)N(C)c2ccccc21. The normalized spacial score (nSPS) is 16.8. The van der Waals surface area contributed by atoms with Crippen molar-refractivity contribution in [2.45, 2.75) is 6.92 Å². The van der Waals surface area contributed by atoms with Crippen LogP contribution in [0.3, 0.4) is 0 Å². The molecule has 0 saturated heterocycles. The van der Waals surface area contributed by atoms with Crippen molar-refractivity contribution in [1.82, 2.24) is 0 Å². The highest BCUT2D eigenvalue weighted by atomic mass is 16.2. The lowest BCUT2D eigenvalue weighted by Crippen LogP contribution is -2.28. The highest BCUT2D eigenvalue weighted by Crippen LogP contribution is 2.32. The molecule has 2 nitrogen and oxygen atoms in total. The van der Waals surface area contributed by atoms with Gasteiger partial charge in [-0.3, -0.25) is 4.79 Å². The topological polar surface area (TPSA) is 20.3 Å². The second-order valence-electron chi connectivity index (χ2n) is 4.80. The van der Waals surface area contributed by atoms with Crippen LogP contribution in [0, 0.1) is 0 Å². The van der Waals surface area contributed by atoms with Crippen LogP contribution >= 0.6 is 0 Å². The highest BCUT2D eigenvalue weighted by Gasteiger charge is 2.21. The molecule has 1 amide bonds. The molecule has 2 aromatic carbocycles. The first-order valence-corrected chi connectivity index (χ1v) is 6.33. The minimum Gasteiger partial charge on any atom is -0.311 e. The second kappa shape index (κ2) is 4.39. The summed E-state index contributed by atoms with van der Waals surface area (Å²) in [4.78, 5) is 14.3. The van der Waals surface area contributed by atoms with Gasteiger partial charge < -0.3 is 4.90 Å². The molecular formula is C17H15NO. The van der Waals surface area contributed by atoms with Crippen LogP contribution in [-0.4, -0.2) is 13.0 Å². The molecule has 0 atom stereocenters. The third-order valence-corrected chi connectivity index (χ3v) is 3.56. The van der Waals surface area contributed by atoms with Crippen LogP contribution in [0.25, 0.3) is 11.6 Å². The Labute approximate surface area is 113 Å². The Balaban J connectivity index is 2.32. The molecule has 0 aromatic heterocycles. The molecule has 0 unspecified atom stereocenters. The highest BCUT2D eigenvalue weighted by molar-refractivity contribution is 6.11. The lowest BCUT2D eigenvalue weighted by Gasteiger charge is -2.24. The molecule has 0 fully saturated rings. The predicted molar refractivity (Wildman–Crippen MR) is 79.2 cm³/mol. The first kappa shape index (κ1) is 11.7. The summed E-state index contributed by atoms with van der Waals surface area (Å²) < 4.78 is 0. The van der Waals surface area contributed by atoms with E-state index >= 15 is 0 Å². The Morgan fingerprint density at radius 3 is 2.32 bits per heavy atom. The fourth-order valence-electron chi connectivity index (χ4n) is 2.52. The summed E-state index contributed by atoms with van der Waals surface area (Å²) in [6.07, 6.45) is 2.08. The third-order valence-electron chi connectivity index (χ3n) is 3.56. The number of rotatable bonds is 0. The molecule has 0 saturated carbocycles. The van der Waals surface area contributed by atoms with E-state index in [1.165, 1.54) is 5.57 Å². The van der Waals surface area contributed by atoms with Crippen molar-refractivity contribution in [2.24, 2.45) is 0 Å². The van der Waals surface area contributed by atoms with Crippen LogP contribution in [0.1, 0.15) is 28.4 Å². The largest absolute Gasteiger partial charge is 0.311 e. The number of nitrogens with zero attached hydrogens (tertiary/aromatic N) is 1. The zero-order chi connectivity index (χ0) is 13.4. The van der Waals surface area contributed by atoms with E-state index in [9.17, 15) is 4.79 Å². The van der Waals surface area contributed by atoms with Gasteiger partial charge >= 0.3 is 0 Å². The molecule has 0 spiro atoms. The summed E-state index contributed by atoms with van der Waals surface area (Å²) in [5.41, 5.74) is 4.95. The van der Waals surface area contributed by atoms with E-state index in [1.54, 1.807) is 4.90 Å². The van der Waals surface area contributed by atoms with Gasteiger partial charge in [0, 0.05) is 18.2 Å². The average molecular weight is 249 g/mol. The molecule has 2 aromatic rings. The summed E-state index contributed by atoms with van der Waals surface area (Å²) in [7, 11) is 1.83. The van der Waals surface area contributed by atoms with Gasteiger partial charge in [-0.1, -0.05) is 42.5 Å². The van der Waals surface area contributed by atoms with E-state index in [2.05, 4.69) is 19.1 Å². The molecule has 19 heavy (non-hydrogen) atoms. The number of amides is 1. The zero-order valence-corrected chi connectivity index (χ0v) is 11.1. The van der Waals surface area contributed by atoms with E-state index in [0.717, 1.165) is 22.4 Å². The lowest BCUT2D eigenvalue weighted by molar-refractivity contribution is 0.0992. The molecule has 2 heteroatoms. The lowest BCUT2D eigenvalue weighted by atomic mass is 9.96. The second-order valence-corrected chi connectivity index (χ2v) is 4.80. The first-order valence-electron chi connectivity index (χ1n) is 6.33. The van der Waals surface area contributed by atoms with Gasteiger partial charge in [0.15, 0.2) is 0 Å². The first-order chi connectivity index (χ1) is 9.18. The zero-order valence-electron chi connectivity index (χ0n) is 11.1. The number of benzene rings is 2. The quantitative estimate of drug-likeness (QED) is 0.694. The van der Waals surface area contributed by atoms with E-state index in [4.69, 9.17) is 0 Å². The minimum absolute atomic E-state index is 0.0341. The van der Waals surface area contributed by atoms with Gasteiger partial charge in [0.05, 0.1) is 5.69 Å². The summed E-state index contributed by atoms with van der Waals surface area (Å²) in [5, 5.41) is 0. The van der Waals surface area contributed by atoms with E-state index in [0.29, 0.717) is 0 Å².